The van der Waals surface area contributed by atoms with Crippen molar-refractivity contribution in [1.29, 1.82) is 0 Å². The van der Waals surface area contributed by atoms with Gasteiger partial charge in [0.25, 0.3) is 10.0 Å². The van der Waals surface area contributed by atoms with Crippen molar-refractivity contribution in [1.82, 2.24) is 5.32 Å². The Balaban J connectivity index is 1.86. The molecule has 9 heteroatoms. The van der Waals surface area contributed by atoms with E-state index in [1.165, 1.54) is 19.2 Å². The molecular weight excluding hydrogens is 464 g/mol. The summed E-state index contributed by atoms with van der Waals surface area (Å²) in [5.41, 5.74) is 1.79. The summed E-state index contributed by atoms with van der Waals surface area (Å²) < 4.78 is 38.5. The van der Waals surface area contributed by atoms with E-state index in [2.05, 4.69) is 5.32 Å². The molecule has 0 aromatic heterocycles. The highest BCUT2D eigenvalue weighted by Gasteiger charge is 2.28. The molecule has 0 aliphatic carbocycles. The standard InChI is InChI=1S/C24H25ClN2O5S/c1-17-9-11-19(25)14-21(17)27(33(29,30)20-7-5-4-6-8-20)16-24(28)26-15-18-10-12-22(31-2)23(13-18)32-3/h4-14H,15-16H2,1-3H3,(H,26,28). The first-order chi connectivity index (χ1) is 15.8. The molecule has 0 radical (unpaired) electrons. The summed E-state index contributed by atoms with van der Waals surface area (Å²) >= 11 is 6.14. The van der Waals surface area contributed by atoms with Crippen molar-refractivity contribution in [3.8, 4) is 11.5 Å². The Morgan fingerprint density at radius 3 is 2.33 bits per heavy atom. The van der Waals surface area contributed by atoms with Crippen LogP contribution >= 0.6 is 11.6 Å². The number of benzene rings is 3. The number of hydrogen-bond donors (Lipinski definition) is 1. The number of halogens is 1. The molecular formula is C24H25ClN2O5S. The maximum atomic E-state index is 13.4. The number of carbonyl (C=O) groups excluding carboxylic acids is 1. The predicted octanol–water partition coefficient (Wildman–Crippen LogP) is 4.18. The van der Waals surface area contributed by atoms with E-state index in [4.69, 9.17) is 21.1 Å². The van der Waals surface area contributed by atoms with Gasteiger partial charge in [-0.05, 0) is 54.4 Å². The maximum absolute atomic E-state index is 13.4. The Morgan fingerprint density at radius 1 is 0.970 bits per heavy atom. The summed E-state index contributed by atoms with van der Waals surface area (Å²) in [6.07, 6.45) is 0. The second kappa shape index (κ2) is 10.6. The third kappa shape index (κ3) is 5.77. The Kier molecular flexibility index (Phi) is 7.84. The molecule has 0 heterocycles. The van der Waals surface area contributed by atoms with E-state index >= 15 is 0 Å². The van der Waals surface area contributed by atoms with Crippen LogP contribution in [0.25, 0.3) is 0 Å². The van der Waals surface area contributed by atoms with E-state index < -0.39 is 22.5 Å². The second-order valence-corrected chi connectivity index (χ2v) is 9.52. The number of methoxy groups -OCH3 is 2. The number of nitrogens with one attached hydrogen (secondary N) is 1. The highest BCUT2D eigenvalue weighted by atomic mass is 35.5. The van der Waals surface area contributed by atoms with Gasteiger partial charge in [-0.2, -0.15) is 0 Å². The monoisotopic (exact) mass is 488 g/mol. The van der Waals surface area contributed by atoms with Crippen molar-refractivity contribution in [2.45, 2.75) is 18.4 Å². The van der Waals surface area contributed by atoms with Gasteiger partial charge in [-0.3, -0.25) is 9.10 Å². The average molecular weight is 489 g/mol. The zero-order valence-corrected chi connectivity index (χ0v) is 20.1. The molecule has 0 aliphatic rings. The lowest BCUT2D eigenvalue weighted by Crippen LogP contribution is -2.41. The van der Waals surface area contributed by atoms with E-state index in [0.717, 1.165) is 9.87 Å². The minimum Gasteiger partial charge on any atom is -0.493 e. The lowest BCUT2D eigenvalue weighted by Gasteiger charge is -2.26. The molecule has 0 fully saturated rings. The van der Waals surface area contributed by atoms with Crippen LogP contribution in [0.2, 0.25) is 5.02 Å². The highest BCUT2D eigenvalue weighted by Crippen LogP contribution is 2.30. The first-order valence-electron chi connectivity index (χ1n) is 10.1. The van der Waals surface area contributed by atoms with E-state index in [9.17, 15) is 13.2 Å². The van der Waals surface area contributed by atoms with Gasteiger partial charge >= 0.3 is 0 Å². The molecule has 33 heavy (non-hydrogen) atoms. The molecule has 3 rings (SSSR count). The molecule has 0 saturated carbocycles. The quantitative estimate of drug-likeness (QED) is 0.488. The summed E-state index contributed by atoms with van der Waals surface area (Å²) in [6.45, 7) is 1.54. The van der Waals surface area contributed by atoms with Crippen LogP contribution in [0.3, 0.4) is 0 Å². The summed E-state index contributed by atoms with van der Waals surface area (Å²) in [4.78, 5) is 12.9. The van der Waals surface area contributed by atoms with E-state index in [1.54, 1.807) is 68.6 Å². The number of amides is 1. The lowest BCUT2D eigenvalue weighted by atomic mass is 10.2. The molecule has 3 aromatic rings. The van der Waals surface area contributed by atoms with Gasteiger partial charge in [-0.15, -0.1) is 0 Å². The molecule has 0 atom stereocenters. The average Bonchev–Trinajstić information content (AvgIpc) is 2.83. The molecule has 1 N–H and O–H groups in total. The first-order valence-corrected chi connectivity index (χ1v) is 11.9. The third-order valence-corrected chi connectivity index (χ3v) is 7.00. The lowest BCUT2D eigenvalue weighted by molar-refractivity contribution is -0.119. The minimum atomic E-state index is -4.01. The predicted molar refractivity (Wildman–Crippen MR) is 129 cm³/mol. The third-order valence-electron chi connectivity index (χ3n) is 5.00. The Morgan fingerprint density at radius 2 is 1.67 bits per heavy atom. The topological polar surface area (TPSA) is 84.9 Å². The Hall–Kier alpha value is -3.23. The number of ether oxygens (including phenoxy) is 2. The van der Waals surface area contributed by atoms with Crippen LogP contribution in [0, 0.1) is 6.92 Å². The fourth-order valence-electron chi connectivity index (χ4n) is 3.25. The van der Waals surface area contributed by atoms with Gasteiger partial charge in [0.1, 0.15) is 6.54 Å². The van der Waals surface area contributed by atoms with Gasteiger partial charge in [0.05, 0.1) is 24.8 Å². The first kappa shape index (κ1) is 24.4. The van der Waals surface area contributed by atoms with Crippen molar-refractivity contribution >= 4 is 33.2 Å². The van der Waals surface area contributed by atoms with Gasteiger partial charge in [-0.1, -0.05) is 41.9 Å². The van der Waals surface area contributed by atoms with Crippen LogP contribution in [0.4, 0.5) is 5.69 Å². The fraction of sp³-hybridized carbons (Fsp3) is 0.208. The minimum absolute atomic E-state index is 0.0806. The van der Waals surface area contributed by atoms with Crippen LogP contribution in [-0.2, 0) is 21.4 Å². The Labute approximate surface area is 198 Å². The number of aryl methyl sites for hydroxylation is 1. The van der Waals surface area contributed by atoms with Crippen molar-refractivity contribution < 1.29 is 22.7 Å². The zero-order chi connectivity index (χ0) is 24.0. The normalized spacial score (nSPS) is 11.0. The molecule has 3 aromatic carbocycles. The van der Waals surface area contributed by atoms with Crippen LogP contribution in [-0.4, -0.2) is 35.1 Å². The summed E-state index contributed by atoms with van der Waals surface area (Å²) in [7, 11) is -0.946. The largest absolute Gasteiger partial charge is 0.493 e. The highest BCUT2D eigenvalue weighted by molar-refractivity contribution is 7.92. The van der Waals surface area contributed by atoms with Gasteiger partial charge < -0.3 is 14.8 Å². The smallest absolute Gasteiger partial charge is 0.264 e. The molecule has 0 saturated heterocycles. The molecule has 1 amide bonds. The maximum Gasteiger partial charge on any atom is 0.264 e. The number of hydrogen-bond acceptors (Lipinski definition) is 5. The van der Waals surface area contributed by atoms with Gasteiger partial charge in [0, 0.05) is 11.6 Å². The van der Waals surface area contributed by atoms with Crippen molar-refractivity contribution in [2.75, 3.05) is 25.1 Å². The van der Waals surface area contributed by atoms with E-state index in [0.29, 0.717) is 27.8 Å². The summed E-state index contributed by atoms with van der Waals surface area (Å²) in [5.74, 6) is 0.639. The molecule has 0 spiro atoms. The van der Waals surface area contributed by atoms with Crippen LogP contribution < -0.4 is 19.1 Å². The summed E-state index contributed by atoms with van der Waals surface area (Å²) in [6, 6.07) is 18.2. The number of carbonyl (C=O) groups is 1. The van der Waals surface area contributed by atoms with Crippen molar-refractivity contribution in [2.24, 2.45) is 0 Å². The van der Waals surface area contributed by atoms with Crippen molar-refractivity contribution in [3.63, 3.8) is 0 Å². The molecule has 0 unspecified atom stereocenters. The zero-order valence-electron chi connectivity index (χ0n) is 18.5. The van der Waals surface area contributed by atoms with Gasteiger partial charge in [0.2, 0.25) is 5.91 Å². The van der Waals surface area contributed by atoms with Gasteiger partial charge in [-0.25, -0.2) is 8.42 Å². The van der Waals surface area contributed by atoms with E-state index in [-0.39, 0.29) is 11.4 Å². The SMILES string of the molecule is COc1ccc(CNC(=O)CN(c2cc(Cl)ccc2C)S(=O)(=O)c2ccccc2)cc1OC. The second-order valence-electron chi connectivity index (χ2n) is 7.22. The summed E-state index contributed by atoms with van der Waals surface area (Å²) in [5, 5.41) is 3.14. The molecule has 0 bridgehead atoms. The number of sulfonamides is 1. The number of rotatable bonds is 9. The van der Waals surface area contributed by atoms with Gasteiger partial charge in [0.15, 0.2) is 11.5 Å². The van der Waals surface area contributed by atoms with Crippen LogP contribution in [0.5, 0.6) is 11.5 Å². The number of nitrogens with zero attached hydrogens (tertiary/aromatic N) is 1. The van der Waals surface area contributed by atoms with Crippen molar-refractivity contribution in [3.05, 3.63) is 82.9 Å². The van der Waals surface area contributed by atoms with Crippen LogP contribution in [0.15, 0.2) is 71.6 Å². The molecule has 0 aliphatic heterocycles. The fourth-order valence-corrected chi connectivity index (χ4v) is 4.91. The Bertz CT molecular complexity index is 1230. The molecule has 7 nitrogen and oxygen atoms in total. The van der Waals surface area contributed by atoms with Crippen LogP contribution in [0.1, 0.15) is 11.1 Å². The number of anilines is 1. The molecule has 174 valence electrons. The van der Waals surface area contributed by atoms with E-state index in [1.807, 2.05) is 0 Å².